The van der Waals surface area contributed by atoms with E-state index in [1.807, 2.05) is 20.6 Å². The Morgan fingerprint density at radius 2 is 1.60 bits per heavy atom. The number of nitrogens with one attached hydrogen (secondary N) is 1. The maximum atomic E-state index is 12.2. The summed E-state index contributed by atoms with van der Waals surface area (Å²) >= 11 is 0. The Labute approximate surface area is 246 Å². The predicted molar refractivity (Wildman–Crippen MR) is 158 cm³/mol. The number of carbonyl (C=O) groups is 3. The van der Waals surface area contributed by atoms with Crippen LogP contribution in [-0.2, 0) is 30.4 Å². The van der Waals surface area contributed by atoms with E-state index in [0.717, 1.165) is 29.5 Å². The van der Waals surface area contributed by atoms with Crippen molar-refractivity contribution in [1.82, 2.24) is 19.5 Å². The molecule has 0 radical (unpaired) electrons. The number of ether oxygens (including phenoxy) is 3. The molecule has 11 heteroatoms. The number of hydrogen-bond donors (Lipinski definition) is 1. The van der Waals surface area contributed by atoms with Crippen LogP contribution < -0.4 is 4.74 Å². The number of carbonyl (C=O) groups excluding carboxylic acids is 3. The molecule has 226 valence electrons. The molecule has 1 aliphatic rings. The summed E-state index contributed by atoms with van der Waals surface area (Å²) in [6.07, 6.45) is 2.03. The van der Waals surface area contributed by atoms with Gasteiger partial charge in [0.1, 0.15) is 12.9 Å². The number of methoxy groups -OCH3 is 2. The SMILES string of the molecule is C=O.[C-]#[N+]c1c(OC2C(C)CC(C)CC2C)c2nc(-c3cc(C)cc(C)c3)[nH]n2c1CN(CC(=O)OC)CC(=O)OC. The minimum absolute atomic E-state index is 0.0710. The zero-order valence-corrected chi connectivity index (χ0v) is 25.5. The molecule has 42 heavy (non-hydrogen) atoms. The standard InChI is InChI=1S/C30H39N5O5.CH2O/c1-17-9-18(2)13-22(12-17)29-32-30-28(40-27-20(4)10-19(3)11-21(27)5)26(31-6)23(35(30)33-29)14-34(15-24(36)38-7)16-25(37)39-8;1-2/h9,12-13,19-21,27H,10-11,14-16H2,1-5,7-8H3,(H,32,33);1H2. The van der Waals surface area contributed by atoms with E-state index in [9.17, 15) is 9.59 Å². The second-order valence-corrected chi connectivity index (χ2v) is 11.3. The molecule has 0 aliphatic heterocycles. The van der Waals surface area contributed by atoms with Crippen LogP contribution in [0, 0.1) is 38.2 Å². The second kappa shape index (κ2) is 14.1. The van der Waals surface area contributed by atoms with Gasteiger partial charge in [-0.25, -0.2) is 14.3 Å². The normalized spacial score (nSPS) is 20.0. The lowest BCUT2D eigenvalue weighted by atomic mass is 9.75. The molecule has 4 rings (SSSR count). The fourth-order valence-electron chi connectivity index (χ4n) is 6.08. The van der Waals surface area contributed by atoms with Crippen LogP contribution in [0.1, 0.15) is 50.4 Å². The van der Waals surface area contributed by atoms with E-state index in [1.54, 1.807) is 9.42 Å². The Morgan fingerprint density at radius 1 is 1.05 bits per heavy atom. The summed E-state index contributed by atoms with van der Waals surface area (Å²) in [7, 11) is 2.59. The molecule has 1 saturated carbocycles. The molecule has 1 aromatic carbocycles. The van der Waals surface area contributed by atoms with Crippen LogP contribution in [0.5, 0.6) is 5.75 Å². The van der Waals surface area contributed by atoms with Crippen molar-refractivity contribution in [2.75, 3.05) is 27.3 Å². The van der Waals surface area contributed by atoms with Crippen molar-refractivity contribution in [1.29, 1.82) is 0 Å². The van der Waals surface area contributed by atoms with Crippen molar-refractivity contribution < 1.29 is 28.6 Å². The van der Waals surface area contributed by atoms with E-state index >= 15 is 0 Å². The molecule has 3 aromatic rings. The number of benzene rings is 1. The highest BCUT2D eigenvalue weighted by Crippen LogP contribution is 2.43. The number of aryl methyl sites for hydroxylation is 2. The Hall–Kier alpha value is -4.17. The molecular formula is C31H41N5O6. The number of aromatic amines is 1. The Balaban J connectivity index is 0.00000237. The largest absolute Gasteiger partial charge is 0.497 e. The van der Waals surface area contributed by atoms with Gasteiger partial charge in [-0.05, 0) is 56.6 Å². The van der Waals surface area contributed by atoms with Gasteiger partial charge >= 0.3 is 11.9 Å². The van der Waals surface area contributed by atoms with Crippen molar-refractivity contribution in [3.63, 3.8) is 0 Å². The van der Waals surface area contributed by atoms with Gasteiger partial charge in [0.2, 0.25) is 0 Å². The summed E-state index contributed by atoms with van der Waals surface area (Å²) in [5.41, 5.74) is 4.48. The predicted octanol–water partition coefficient (Wildman–Crippen LogP) is 4.91. The fraction of sp³-hybridized carbons (Fsp3) is 0.516. The van der Waals surface area contributed by atoms with Gasteiger partial charge in [-0.15, -0.1) is 0 Å². The van der Waals surface area contributed by atoms with E-state index in [4.69, 9.17) is 30.6 Å². The van der Waals surface area contributed by atoms with Gasteiger partial charge in [-0.3, -0.25) is 19.6 Å². The van der Waals surface area contributed by atoms with E-state index in [-0.39, 0.29) is 25.7 Å². The summed E-state index contributed by atoms with van der Waals surface area (Å²) in [4.78, 5) is 42.8. The first kappa shape index (κ1) is 32.3. The first-order chi connectivity index (χ1) is 20.0. The van der Waals surface area contributed by atoms with Gasteiger partial charge in [-0.1, -0.05) is 38.0 Å². The summed E-state index contributed by atoms with van der Waals surface area (Å²) in [5, 5.41) is 3.36. The highest BCUT2D eigenvalue weighted by Gasteiger charge is 2.36. The summed E-state index contributed by atoms with van der Waals surface area (Å²) in [6.45, 7) is 20.6. The van der Waals surface area contributed by atoms with Crippen LogP contribution in [0.15, 0.2) is 18.2 Å². The summed E-state index contributed by atoms with van der Waals surface area (Å²) < 4.78 is 18.2. The molecule has 0 bridgehead atoms. The van der Waals surface area contributed by atoms with Gasteiger partial charge in [0.15, 0.2) is 17.2 Å². The number of hydrogen-bond acceptors (Lipinski definition) is 8. The third kappa shape index (κ3) is 7.18. The number of rotatable bonds is 9. The Kier molecular flexibility index (Phi) is 10.9. The number of H-pyrrole nitrogens is 1. The zero-order chi connectivity index (χ0) is 31.1. The van der Waals surface area contributed by atoms with E-state index in [0.29, 0.717) is 46.4 Å². The average Bonchev–Trinajstić information content (AvgIpc) is 3.49. The number of aromatic nitrogens is 3. The smallest absolute Gasteiger partial charge is 0.319 e. The topological polar surface area (TPSA) is 120 Å². The van der Waals surface area contributed by atoms with Crippen LogP contribution in [0.25, 0.3) is 21.9 Å². The lowest BCUT2D eigenvalue weighted by Crippen LogP contribution is -2.38. The van der Waals surface area contributed by atoms with Crippen molar-refractivity contribution in [3.05, 3.63) is 46.4 Å². The second-order valence-electron chi connectivity index (χ2n) is 11.3. The molecule has 1 fully saturated rings. The van der Waals surface area contributed by atoms with Crippen LogP contribution >= 0.6 is 0 Å². The molecule has 2 aromatic heterocycles. The van der Waals surface area contributed by atoms with Crippen molar-refractivity contribution in [3.8, 4) is 17.1 Å². The molecule has 2 heterocycles. The Bertz CT molecular complexity index is 1400. The summed E-state index contributed by atoms with van der Waals surface area (Å²) in [6, 6.07) is 6.20. The number of fused-ring (bicyclic) bond motifs is 1. The van der Waals surface area contributed by atoms with Crippen molar-refractivity contribution in [2.45, 2.75) is 60.1 Å². The lowest BCUT2D eigenvalue weighted by Gasteiger charge is -2.37. The van der Waals surface area contributed by atoms with Gasteiger partial charge in [-0.2, -0.15) is 0 Å². The molecule has 2 atom stereocenters. The molecular weight excluding hydrogens is 538 g/mol. The third-order valence-electron chi connectivity index (χ3n) is 7.67. The highest BCUT2D eigenvalue weighted by atomic mass is 16.5. The van der Waals surface area contributed by atoms with Crippen molar-refractivity contribution in [2.24, 2.45) is 17.8 Å². The van der Waals surface area contributed by atoms with Crippen LogP contribution in [0.2, 0.25) is 0 Å². The minimum atomic E-state index is -0.503. The van der Waals surface area contributed by atoms with Crippen LogP contribution in [0.3, 0.4) is 0 Å². The molecule has 1 N–H and O–H groups in total. The van der Waals surface area contributed by atoms with Gasteiger partial charge in [0, 0.05) is 12.1 Å². The molecule has 0 amide bonds. The molecule has 1 aliphatic carbocycles. The Morgan fingerprint density at radius 3 is 2.10 bits per heavy atom. The fourth-order valence-corrected chi connectivity index (χ4v) is 6.08. The highest BCUT2D eigenvalue weighted by molar-refractivity contribution is 5.79. The molecule has 0 spiro atoms. The summed E-state index contributed by atoms with van der Waals surface area (Å²) in [5.74, 6) is 1.28. The van der Waals surface area contributed by atoms with Gasteiger partial charge in [0.25, 0.3) is 5.69 Å². The number of esters is 2. The maximum Gasteiger partial charge on any atom is 0.319 e. The quantitative estimate of drug-likeness (QED) is 0.281. The van der Waals surface area contributed by atoms with Crippen LogP contribution in [0.4, 0.5) is 5.69 Å². The van der Waals surface area contributed by atoms with Crippen LogP contribution in [-0.4, -0.2) is 71.6 Å². The van der Waals surface area contributed by atoms with Crippen molar-refractivity contribution >= 4 is 30.1 Å². The molecule has 2 unspecified atom stereocenters. The van der Waals surface area contributed by atoms with E-state index in [2.05, 4.69) is 48.9 Å². The third-order valence-corrected chi connectivity index (χ3v) is 7.67. The lowest BCUT2D eigenvalue weighted by molar-refractivity contribution is -0.145. The van der Waals surface area contributed by atoms with Gasteiger partial charge in [0.05, 0.1) is 39.6 Å². The minimum Gasteiger partial charge on any atom is -0.497 e. The molecule has 11 nitrogen and oxygen atoms in total. The van der Waals surface area contributed by atoms with E-state index < -0.39 is 11.9 Å². The zero-order valence-electron chi connectivity index (χ0n) is 25.5. The monoisotopic (exact) mass is 579 g/mol. The first-order valence-corrected chi connectivity index (χ1v) is 13.9. The van der Waals surface area contributed by atoms with E-state index in [1.165, 1.54) is 14.2 Å². The molecule has 0 saturated heterocycles. The first-order valence-electron chi connectivity index (χ1n) is 13.9. The number of nitrogens with zero attached hydrogens (tertiary/aromatic N) is 4. The maximum absolute atomic E-state index is 12.2. The van der Waals surface area contributed by atoms with Gasteiger partial charge < -0.3 is 19.0 Å². The average molecular weight is 580 g/mol.